The highest BCUT2D eigenvalue weighted by atomic mass is 19.1. The maximum atomic E-state index is 13.3. The number of carbonyl (C=O) groups is 2. The zero-order chi connectivity index (χ0) is 23.2. The summed E-state index contributed by atoms with van der Waals surface area (Å²) in [5.41, 5.74) is 3.11. The molecule has 6 nitrogen and oxygen atoms in total. The van der Waals surface area contributed by atoms with E-state index in [9.17, 15) is 14.0 Å². The van der Waals surface area contributed by atoms with E-state index in [0.29, 0.717) is 43.2 Å². The molecule has 1 heterocycles. The summed E-state index contributed by atoms with van der Waals surface area (Å²) in [6.07, 6.45) is 0. The van der Waals surface area contributed by atoms with E-state index in [4.69, 9.17) is 4.74 Å². The summed E-state index contributed by atoms with van der Waals surface area (Å²) in [5, 5.41) is 2.92. The fourth-order valence-electron chi connectivity index (χ4n) is 3.73. The molecule has 7 heteroatoms. The van der Waals surface area contributed by atoms with E-state index in [1.807, 2.05) is 24.3 Å². The zero-order valence-corrected chi connectivity index (χ0v) is 18.5. The van der Waals surface area contributed by atoms with Crippen LogP contribution in [0.2, 0.25) is 0 Å². The third-order valence-corrected chi connectivity index (χ3v) is 5.59. The van der Waals surface area contributed by atoms with Crippen molar-refractivity contribution in [3.05, 3.63) is 89.7 Å². The third-order valence-electron chi connectivity index (χ3n) is 5.59. The van der Waals surface area contributed by atoms with E-state index < -0.39 is 0 Å². The molecule has 1 fully saturated rings. The number of nitrogens with zero attached hydrogens (tertiary/aromatic N) is 2. The Morgan fingerprint density at radius 2 is 1.67 bits per heavy atom. The monoisotopic (exact) mass is 447 g/mol. The lowest BCUT2D eigenvalue weighted by molar-refractivity contribution is 0.101. The lowest BCUT2D eigenvalue weighted by Crippen LogP contribution is -2.50. The number of piperazine rings is 1. The average Bonchev–Trinajstić information content (AvgIpc) is 2.83. The van der Waals surface area contributed by atoms with Crippen LogP contribution < -0.4 is 15.0 Å². The molecule has 0 spiro atoms. The summed E-state index contributed by atoms with van der Waals surface area (Å²) in [6, 6.07) is 20.8. The van der Waals surface area contributed by atoms with Gasteiger partial charge in [0.05, 0.1) is 0 Å². The molecular formula is C26H26FN3O3. The van der Waals surface area contributed by atoms with Crippen LogP contribution in [0.15, 0.2) is 72.8 Å². The van der Waals surface area contributed by atoms with E-state index in [-0.39, 0.29) is 24.2 Å². The van der Waals surface area contributed by atoms with Crippen LogP contribution in [0.3, 0.4) is 0 Å². The molecule has 0 aromatic heterocycles. The second-order valence-electron chi connectivity index (χ2n) is 7.95. The second-order valence-corrected chi connectivity index (χ2v) is 7.95. The highest BCUT2D eigenvalue weighted by Gasteiger charge is 2.21. The predicted molar refractivity (Wildman–Crippen MR) is 126 cm³/mol. The van der Waals surface area contributed by atoms with Crippen molar-refractivity contribution in [1.82, 2.24) is 4.90 Å². The molecule has 0 radical (unpaired) electrons. The number of ether oxygens (including phenoxy) is 1. The largest absolute Gasteiger partial charge is 0.489 e. The standard InChI is InChI=1S/C26H26FN3O3/c1-19(31)21-8-10-24(11-9-21)29-12-14-30(15-13-29)26(32)28-23-6-3-7-25(17-23)33-18-20-4-2-5-22(27)16-20/h2-11,16-17H,12-15,18H2,1H3,(H,28,32). The Hall–Kier alpha value is -3.87. The molecule has 0 atom stereocenters. The molecule has 3 aromatic rings. The van der Waals surface area contributed by atoms with E-state index in [0.717, 1.165) is 11.3 Å². The van der Waals surface area contributed by atoms with Gasteiger partial charge in [-0.05, 0) is 61.0 Å². The predicted octanol–water partition coefficient (Wildman–Crippen LogP) is 4.96. The molecule has 1 N–H and O–H groups in total. The van der Waals surface area contributed by atoms with Gasteiger partial charge in [0.2, 0.25) is 0 Å². The van der Waals surface area contributed by atoms with Crippen molar-refractivity contribution in [2.75, 3.05) is 36.4 Å². The molecule has 1 aliphatic rings. The molecule has 4 rings (SSSR count). The molecule has 0 aliphatic carbocycles. The summed E-state index contributed by atoms with van der Waals surface area (Å²) in [7, 11) is 0. The Morgan fingerprint density at radius 1 is 0.939 bits per heavy atom. The molecule has 1 aliphatic heterocycles. The first kappa shape index (κ1) is 22.3. The number of amides is 2. The maximum absolute atomic E-state index is 13.3. The van der Waals surface area contributed by atoms with E-state index in [1.165, 1.54) is 12.1 Å². The minimum atomic E-state index is -0.301. The van der Waals surface area contributed by atoms with E-state index in [2.05, 4.69) is 10.2 Å². The molecule has 1 saturated heterocycles. The molecule has 33 heavy (non-hydrogen) atoms. The number of hydrogen-bond acceptors (Lipinski definition) is 4. The van der Waals surface area contributed by atoms with Gasteiger partial charge in [-0.25, -0.2) is 9.18 Å². The first-order valence-corrected chi connectivity index (χ1v) is 10.9. The second kappa shape index (κ2) is 10.2. The smallest absolute Gasteiger partial charge is 0.321 e. The van der Waals surface area contributed by atoms with Gasteiger partial charge in [-0.1, -0.05) is 18.2 Å². The molecule has 170 valence electrons. The Labute approximate surface area is 192 Å². The van der Waals surface area contributed by atoms with Crippen molar-refractivity contribution in [2.45, 2.75) is 13.5 Å². The summed E-state index contributed by atoms with van der Waals surface area (Å²) in [5.74, 6) is 0.340. The minimum absolute atomic E-state index is 0.0477. The van der Waals surface area contributed by atoms with Gasteiger partial charge in [0.25, 0.3) is 0 Å². The highest BCUT2D eigenvalue weighted by molar-refractivity contribution is 5.94. The normalized spacial score (nSPS) is 13.5. The van der Waals surface area contributed by atoms with Crippen molar-refractivity contribution >= 4 is 23.2 Å². The molecular weight excluding hydrogens is 421 g/mol. The third kappa shape index (κ3) is 5.88. The number of carbonyl (C=O) groups excluding carboxylic acids is 2. The summed E-state index contributed by atoms with van der Waals surface area (Å²) < 4.78 is 19.1. The van der Waals surface area contributed by atoms with Crippen molar-refractivity contribution in [3.8, 4) is 5.75 Å². The molecule has 3 aromatic carbocycles. The number of hydrogen-bond donors (Lipinski definition) is 1. The molecule has 0 unspecified atom stereocenters. The number of ketones is 1. The topological polar surface area (TPSA) is 61.9 Å². The first-order valence-electron chi connectivity index (χ1n) is 10.9. The summed E-state index contributed by atoms with van der Waals surface area (Å²) >= 11 is 0. The van der Waals surface area contributed by atoms with Gasteiger partial charge >= 0.3 is 6.03 Å². The van der Waals surface area contributed by atoms with Crippen LogP contribution in [0.5, 0.6) is 5.75 Å². The van der Waals surface area contributed by atoms with Gasteiger partial charge in [0, 0.05) is 49.2 Å². The Morgan fingerprint density at radius 3 is 2.36 bits per heavy atom. The summed E-state index contributed by atoms with van der Waals surface area (Å²) in [6.45, 7) is 4.41. The van der Waals surface area contributed by atoms with Crippen molar-refractivity contribution in [1.29, 1.82) is 0 Å². The fourth-order valence-corrected chi connectivity index (χ4v) is 3.73. The number of anilines is 2. The Kier molecular flexibility index (Phi) is 6.88. The fraction of sp³-hybridized carbons (Fsp3) is 0.231. The van der Waals surface area contributed by atoms with Gasteiger partial charge in [0.1, 0.15) is 18.2 Å². The van der Waals surface area contributed by atoms with Crippen molar-refractivity contribution in [2.24, 2.45) is 0 Å². The first-order chi connectivity index (χ1) is 16.0. The molecule has 0 bridgehead atoms. The lowest BCUT2D eigenvalue weighted by Gasteiger charge is -2.36. The van der Waals surface area contributed by atoms with Gasteiger partial charge in [-0.15, -0.1) is 0 Å². The number of nitrogens with one attached hydrogen (secondary N) is 1. The minimum Gasteiger partial charge on any atom is -0.489 e. The average molecular weight is 448 g/mol. The molecule has 0 saturated carbocycles. The van der Waals surface area contributed by atoms with Gasteiger partial charge in [-0.3, -0.25) is 4.79 Å². The van der Waals surface area contributed by atoms with Crippen LogP contribution >= 0.6 is 0 Å². The van der Waals surface area contributed by atoms with Crippen LogP contribution in [0.1, 0.15) is 22.8 Å². The Balaban J connectivity index is 1.29. The SMILES string of the molecule is CC(=O)c1ccc(N2CCN(C(=O)Nc3cccc(OCc4cccc(F)c4)c3)CC2)cc1. The van der Waals surface area contributed by atoms with Gasteiger partial charge in [0.15, 0.2) is 5.78 Å². The number of halogens is 1. The van der Waals surface area contributed by atoms with Crippen molar-refractivity contribution in [3.63, 3.8) is 0 Å². The number of urea groups is 1. The van der Waals surface area contributed by atoms with E-state index in [1.54, 1.807) is 48.2 Å². The Bertz CT molecular complexity index is 1130. The lowest BCUT2D eigenvalue weighted by atomic mass is 10.1. The number of Topliss-reactive ketones (excluding diaryl/α,β-unsaturated/α-hetero) is 1. The number of benzene rings is 3. The quantitative estimate of drug-likeness (QED) is 0.543. The van der Waals surface area contributed by atoms with Crippen molar-refractivity contribution < 1.29 is 18.7 Å². The van der Waals surface area contributed by atoms with Crippen LogP contribution in [0.25, 0.3) is 0 Å². The van der Waals surface area contributed by atoms with Gasteiger partial charge in [-0.2, -0.15) is 0 Å². The van der Waals surface area contributed by atoms with E-state index >= 15 is 0 Å². The zero-order valence-electron chi connectivity index (χ0n) is 18.5. The summed E-state index contributed by atoms with van der Waals surface area (Å²) in [4.78, 5) is 28.2. The highest BCUT2D eigenvalue weighted by Crippen LogP contribution is 2.21. The van der Waals surface area contributed by atoms with Crippen LogP contribution in [0, 0.1) is 5.82 Å². The van der Waals surface area contributed by atoms with Crippen LogP contribution in [-0.4, -0.2) is 42.9 Å². The maximum Gasteiger partial charge on any atom is 0.321 e. The van der Waals surface area contributed by atoms with Gasteiger partial charge < -0.3 is 19.9 Å². The van der Waals surface area contributed by atoms with Crippen LogP contribution in [-0.2, 0) is 6.61 Å². The molecule has 2 amide bonds. The number of rotatable bonds is 6. The van der Waals surface area contributed by atoms with Crippen LogP contribution in [0.4, 0.5) is 20.6 Å².